The van der Waals surface area contributed by atoms with Gasteiger partial charge in [0.1, 0.15) is 5.84 Å². The Balaban J connectivity index is 0.000000131. The van der Waals surface area contributed by atoms with Crippen LogP contribution in [0.25, 0.3) is 65.4 Å². The summed E-state index contributed by atoms with van der Waals surface area (Å²) in [7, 11) is 14.8. The monoisotopic (exact) mass is 1630 g/mol. The van der Waals surface area contributed by atoms with Crippen LogP contribution in [0.2, 0.25) is 0 Å². The van der Waals surface area contributed by atoms with E-state index in [4.69, 9.17) is 4.74 Å². The van der Waals surface area contributed by atoms with Crippen molar-refractivity contribution in [3.05, 3.63) is 239 Å². The smallest absolute Gasteiger partial charge is 0.328 e. The standard InChI is InChI=1S/C16H22N4O2.C15H20N4O3.C15H20N4O2.C13H14N4O2.C13H18N4O2.C11H11N3O2/c1-19-15(21)13-6-5-12(11-14(13)18-16(19)22)17-7-10-20-8-3-2-4-9-20;1-18-14(20)12-3-2-11(10-13(12)17-15(18)21)16-4-5-19-6-8-22-9-7-19;1-18-14(20)12-5-4-11(10-13(12)17-15(18)21)16-6-9-19-7-2-3-8-19;1-16-6-5-14-11(16)8-3-4-9-10(7-8)15-13(19)17(2)12(9)18;1-16(2)7-6-14-9-4-5-10-11(8-9)15-13(19)17(3)12(10)18;1-14-10(15)7-4-6-2-3-12-8(6)5-9(7)13-11(14)16/h5-6,11,17H,2-4,7-10H2,1H3,(H,18,22);2-3,10,16H,4-9H2,1H3,(H,17,21);4-5,10,16H,2-3,6-9H2,1H3,(H,17,21);3-4,7H,5-6H2,1-2H3,(H,15,19);4-5,8,14H,6-7H2,1-3H3,(H,15,19);4-5,12H,2-3H2,1H3,(H,13,16). The van der Waals surface area contributed by atoms with Gasteiger partial charge in [-0.3, -0.25) is 66.1 Å². The van der Waals surface area contributed by atoms with Gasteiger partial charge in [-0.25, -0.2) is 28.8 Å². The summed E-state index contributed by atoms with van der Waals surface area (Å²) < 4.78 is 11.8. The van der Waals surface area contributed by atoms with Gasteiger partial charge in [0.25, 0.3) is 33.4 Å². The molecule has 5 aliphatic heterocycles. The number of aliphatic imine (C=N–C) groups is 1. The molecule has 0 radical (unpaired) electrons. The lowest BCUT2D eigenvalue weighted by Gasteiger charge is -2.26. The number of anilines is 5. The minimum atomic E-state index is -0.406. The lowest BCUT2D eigenvalue weighted by molar-refractivity contribution is 0.0398. The molecule has 3 saturated heterocycles. The molecule has 0 unspecified atom stereocenters. The van der Waals surface area contributed by atoms with E-state index in [1.54, 1.807) is 48.5 Å². The summed E-state index contributed by atoms with van der Waals surface area (Å²) in [4.78, 5) is 173. The van der Waals surface area contributed by atoms with Crippen LogP contribution in [-0.4, -0.2) is 233 Å². The van der Waals surface area contributed by atoms with E-state index in [1.165, 1.54) is 101 Å². The summed E-state index contributed by atoms with van der Waals surface area (Å²) in [6.45, 7) is 18.0. The third-order valence-corrected chi connectivity index (χ3v) is 21.8. The fraction of sp³-hybridized carbons (Fsp3) is 0.410. The first-order valence-corrected chi connectivity index (χ1v) is 39.9. The van der Waals surface area contributed by atoms with Crippen LogP contribution in [0.3, 0.4) is 0 Å². The van der Waals surface area contributed by atoms with Crippen molar-refractivity contribution in [3.8, 4) is 0 Å². The van der Waals surface area contributed by atoms with Crippen molar-refractivity contribution in [2.75, 3.05) is 172 Å². The number of H-pyrrole nitrogens is 6. The largest absolute Gasteiger partial charge is 0.384 e. The molecule has 6 aromatic carbocycles. The van der Waals surface area contributed by atoms with Gasteiger partial charge in [-0.05, 0) is 175 Å². The highest BCUT2D eigenvalue weighted by Gasteiger charge is 2.20. The number of benzene rings is 6. The zero-order valence-corrected chi connectivity index (χ0v) is 68.7. The average Bonchev–Trinajstić information content (AvgIpc) is 1.65. The van der Waals surface area contributed by atoms with Gasteiger partial charge in [-0.1, -0.05) is 12.5 Å². The van der Waals surface area contributed by atoms with Crippen LogP contribution in [0.5, 0.6) is 0 Å². The molecule has 0 bridgehead atoms. The Morgan fingerprint density at radius 2 is 0.697 bits per heavy atom. The lowest BCUT2D eigenvalue weighted by Crippen LogP contribution is -2.39. The van der Waals surface area contributed by atoms with Crippen molar-refractivity contribution in [1.82, 2.24) is 81.8 Å². The Bertz CT molecular complexity index is 6390. The summed E-state index contributed by atoms with van der Waals surface area (Å²) >= 11 is 0. The number of nitrogens with zero attached hydrogens (tertiary/aromatic N) is 12. The first-order chi connectivity index (χ1) is 57.2. The first-order valence-electron chi connectivity index (χ1n) is 39.9. The Morgan fingerprint density at radius 3 is 1.06 bits per heavy atom. The number of amidine groups is 1. The molecule has 17 rings (SSSR count). The molecule has 0 amide bonds. The number of rotatable bonds is 17. The van der Waals surface area contributed by atoms with Crippen molar-refractivity contribution >= 4 is 99.7 Å². The van der Waals surface area contributed by atoms with Gasteiger partial charge in [0.05, 0.1) is 85.2 Å². The van der Waals surface area contributed by atoms with Gasteiger partial charge < -0.3 is 80.8 Å². The Hall–Kier alpha value is -12.8. The van der Waals surface area contributed by atoms with Crippen molar-refractivity contribution in [2.45, 2.75) is 38.5 Å². The molecule has 36 nitrogen and oxygen atoms in total. The zero-order chi connectivity index (χ0) is 84.7. The highest BCUT2D eigenvalue weighted by Crippen LogP contribution is 2.26. The molecule has 0 saturated carbocycles. The molecular formula is C83H105N23O13. The van der Waals surface area contributed by atoms with E-state index in [-0.39, 0.29) is 50.4 Å². The van der Waals surface area contributed by atoms with Gasteiger partial charge in [0.2, 0.25) is 0 Å². The van der Waals surface area contributed by atoms with E-state index in [9.17, 15) is 57.5 Å². The number of nitrogens with one attached hydrogen (secondary N) is 11. The highest BCUT2D eigenvalue weighted by molar-refractivity contribution is 6.02. The Labute approximate surface area is 680 Å². The molecule has 119 heavy (non-hydrogen) atoms. The summed E-state index contributed by atoms with van der Waals surface area (Å²) in [5.74, 6) is 0.892. The quantitative estimate of drug-likeness (QED) is 0.0622. The van der Waals surface area contributed by atoms with Gasteiger partial charge in [-0.2, -0.15) is 0 Å². The van der Waals surface area contributed by atoms with Crippen molar-refractivity contribution in [2.24, 2.45) is 47.3 Å². The predicted molar refractivity (Wildman–Crippen MR) is 471 cm³/mol. The third kappa shape index (κ3) is 21.0. The molecule has 12 aromatic rings. The fourth-order valence-corrected chi connectivity index (χ4v) is 14.6. The normalized spacial score (nSPS) is 14.7. The molecule has 0 atom stereocenters. The third-order valence-electron chi connectivity index (χ3n) is 21.8. The molecule has 0 aliphatic carbocycles. The Kier molecular flexibility index (Phi) is 28.0. The number of hydrogen-bond acceptors (Lipinski definition) is 24. The maximum absolute atomic E-state index is 12.0. The molecule has 6 aromatic heterocycles. The van der Waals surface area contributed by atoms with Crippen molar-refractivity contribution in [3.63, 3.8) is 0 Å². The van der Waals surface area contributed by atoms with E-state index < -0.39 is 17.1 Å². The topological polar surface area (TPSA) is 427 Å². The summed E-state index contributed by atoms with van der Waals surface area (Å²) in [6.07, 6.45) is 7.44. The second-order valence-electron chi connectivity index (χ2n) is 30.3. The van der Waals surface area contributed by atoms with Gasteiger partial charge >= 0.3 is 34.1 Å². The second-order valence-corrected chi connectivity index (χ2v) is 30.3. The Morgan fingerprint density at radius 1 is 0.370 bits per heavy atom. The van der Waals surface area contributed by atoms with Gasteiger partial charge in [0.15, 0.2) is 0 Å². The van der Waals surface area contributed by atoms with Crippen molar-refractivity contribution in [1.29, 1.82) is 0 Å². The molecule has 5 aliphatic rings. The van der Waals surface area contributed by atoms with Crippen LogP contribution in [0.15, 0.2) is 166 Å². The lowest BCUT2D eigenvalue weighted by atomic mass is 10.1. The van der Waals surface area contributed by atoms with Crippen LogP contribution in [0.4, 0.5) is 28.4 Å². The SMILES string of the molecule is CN(C)CCNc1ccc2c(=O)n(C)c(=O)[nH]c2c1.CN1CCN=C1c1ccc2c(=O)n(C)c(=O)[nH]c2c1.Cn1c(=O)[nH]c2cc(NCCN3CCCC3)ccc2c1=O.Cn1c(=O)[nH]c2cc(NCCN3CCCCC3)ccc2c1=O.Cn1c(=O)[nH]c2cc(NCCN3CCOCC3)ccc2c1=O.Cn1c(=O)[nH]c2cc3c(cc2c1=O)CCN3. The average molecular weight is 1630 g/mol. The first kappa shape index (κ1) is 85.6. The molecule has 36 heteroatoms. The number of ether oxygens (including phenoxy) is 1. The second kappa shape index (κ2) is 39.0. The van der Waals surface area contributed by atoms with E-state index in [2.05, 4.69) is 86.0 Å². The van der Waals surface area contributed by atoms with E-state index in [0.29, 0.717) is 65.4 Å². The molecule has 0 spiro atoms. The predicted octanol–water partition coefficient (Wildman–Crippen LogP) is 2.14. The van der Waals surface area contributed by atoms with Gasteiger partial charge in [0, 0.05) is 162 Å². The number of fused-ring (bicyclic) bond motifs is 7. The molecule has 3 fully saturated rings. The summed E-state index contributed by atoms with van der Waals surface area (Å²) in [6, 6.07) is 30.8. The maximum atomic E-state index is 12.0. The molecule has 630 valence electrons. The number of aromatic amines is 6. The van der Waals surface area contributed by atoms with E-state index in [1.807, 2.05) is 75.7 Å². The number of likely N-dealkylation sites (tertiary alicyclic amines) is 2. The van der Waals surface area contributed by atoms with Gasteiger partial charge in [-0.15, -0.1) is 0 Å². The minimum Gasteiger partial charge on any atom is -0.384 e. The highest BCUT2D eigenvalue weighted by atomic mass is 16.5. The zero-order valence-electron chi connectivity index (χ0n) is 68.7. The van der Waals surface area contributed by atoms with Crippen molar-refractivity contribution < 1.29 is 4.74 Å². The van der Waals surface area contributed by atoms with E-state index >= 15 is 0 Å². The summed E-state index contributed by atoms with van der Waals surface area (Å²) in [5, 5.41) is 19.7. The van der Waals surface area contributed by atoms with Crippen LogP contribution in [0.1, 0.15) is 43.2 Å². The molecule has 11 N–H and O–H groups in total. The van der Waals surface area contributed by atoms with E-state index in [0.717, 1.165) is 178 Å². The summed E-state index contributed by atoms with van der Waals surface area (Å²) in [5.41, 5.74) is 6.13. The maximum Gasteiger partial charge on any atom is 0.328 e. The minimum absolute atomic E-state index is 0.242. The number of morpholine rings is 1. The van der Waals surface area contributed by atoms with Crippen LogP contribution in [-0.2, 0) is 53.4 Å². The molecule has 11 heterocycles. The number of piperidine rings is 1. The van der Waals surface area contributed by atoms with Crippen LogP contribution in [0, 0.1) is 0 Å². The van der Waals surface area contributed by atoms with Crippen LogP contribution < -0.4 is 94.1 Å². The number of aromatic nitrogens is 12. The fourth-order valence-electron chi connectivity index (χ4n) is 14.6. The van der Waals surface area contributed by atoms with Crippen LogP contribution >= 0.6 is 0 Å². The molecular weight excluding hydrogens is 1530 g/mol. The number of likely N-dealkylation sites (N-methyl/N-ethyl adjacent to an activating group) is 2. The number of hydrogen-bond donors (Lipinski definition) is 11.